The molecule has 0 radical (unpaired) electrons. The Hall–Kier alpha value is -2.85. The molecular formula is C22H19ClFNO2. The lowest BCUT2D eigenvalue weighted by atomic mass is 10.00. The number of halogens is 2. The molecule has 0 aromatic heterocycles. The van der Waals surface area contributed by atoms with Crippen LogP contribution in [0.4, 0.5) is 4.39 Å². The van der Waals surface area contributed by atoms with Crippen LogP contribution in [0.25, 0.3) is 0 Å². The SMILES string of the molecule is C[C@@H](N=Cc1ccc(O)c(Cc2c(F)cccc2Cl)c1O)c1ccccc1. The number of rotatable bonds is 5. The average Bonchev–Trinajstić information content (AvgIpc) is 2.67. The van der Waals surface area contributed by atoms with E-state index in [2.05, 4.69) is 4.99 Å². The van der Waals surface area contributed by atoms with Crippen LogP contribution < -0.4 is 0 Å². The Morgan fingerprint density at radius 1 is 1.00 bits per heavy atom. The molecule has 5 heteroatoms. The van der Waals surface area contributed by atoms with E-state index >= 15 is 0 Å². The first kappa shape index (κ1) is 18.9. The van der Waals surface area contributed by atoms with Crippen molar-refractivity contribution in [3.05, 3.63) is 93.8 Å². The number of nitrogens with zero attached hydrogens (tertiary/aromatic N) is 1. The number of hydrogen-bond acceptors (Lipinski definition) is 3. The highest BCUT2D eigenvalue weighted by molar-refractivity contribution is 6.31. The maximum Gasteiger partial charge on any atom is 0.131 e. The summed E-state index contributed by atoms with van der Waals surface area (Å²) in [6.45, 7) is 1.95. The zero-order valence-corrected chi connectivity index (χ0v) is 15.5. The lowest BCUT2D eigenvalue weighted by Gasteiger charge is -2.12. The van der Waals surface area contributed by atoms with Gasteiger partial charge in [-0.25, -0.2) is 4.39 Å². The third-order valence-electron chi connectivity index (χ3n) is 4.42. The van der Waals surface area contributed by atoms with Crippen molar-refractivity contribution in [3.63, 3.8) is 0 Å². The average molecular weight is 384 g/mol. The molecule has 1 atom stereocenters. The van der Waals surface area contributed by atoms with Crippen molar-refractivity contribution in [2.45, 2.75) is 19.4 Å². The van der Waals surface area contributed by atoms with Gasteiger partial charge < -0.3 is 10.2 Å². The highest BCUT2D eigenvalue weighted by Crippen LogP contribution is 2.34. The summed E-state index contributed by atoms with van der Waals surface area (Å²) in [6.07, 6.45) is 1.53. The highest BCUT2D eigenvalue weighted by Gasteiger charge is 2.16. The summed E-state index contributed by atoms with van der Waals surface area (Å²) in [5, 5.41) is 21.0. The van der Waals surface area contributed by atoms with Crippen LogP contribution in [0.2, 0.25) is 5.02 Å². The number of aromatic hydroxyl groups is 2. The number of hydrogen-bond donors (Lipinski definition) is 2. The molecule has 0 aliphatic rings. The molecule has 0 amide bonds. The molecule has 0 fully saturated rings. The van der Waals surface area contributed by atoms with Gasteiger partial charge in [0.2, 0.25) is 0 Å². The van der Waals surface area contributed by atoms with E-state index in [4.69, 9.17) is 11.6 Å². The molecule has 0 aliphatic carbocycles. The van der Waals surface area contributed by atoms with E-state index in [1.165, 1.54) is 18.2 Å². The monoisotopic (exact) mass is 383 g/mol. The van der Waals surface area contributed by atoms with Gasteiger partial charge in [-0.2, -0.15) is 0 Å². The van der Waals surface area contributed by atoms with Gasteiger partial charge >= 0.3 is 0 Å². The molecule has 3 aromatic carbocycles. The van der Waals surface area contributed by atoms with Gasteiger partial charge in [-0.1, -0.05) is 48.0 Å². The second-order valence-electron chi connectivity index (χ2n) is 6.24. The summed E-state index contributed by atoms with van der Waals surface area (Å²) >= 11 is 6.06. The summed E-state index contributed by atoms with van der Waals surface area (Å²) in [4.78, 5) is 4.47. The Balaban J connectivity index is 1.91. The van der Waals surface area contributed by atoms with Crippen molar-refractivity contribution >= 4 is 17.8 Å². The molecule has 2 N–H and O–H groups in total. The lowest BCUT2D eigenvalue weighted by Crippen LogP contribution is -1.98. The van der Waals surface area contributed by atoms with Gasteiger partial charge in [-0.05, 0) is 36.8 Å². The Labute approximate surface area is 162 Å². The first-order valence-electron chi connectivity index (χ1n) is 8.52. The minimum Gasteiger partial charge on any atom is -0.508 e. The molecule has 0 spiro atoms. The summed E-state index contributed by atoms with van der Waals surface area (Å²) in [7, 11) is 0. The molecule has 138 valence electrons. The van der Waals surface area contributed by atoms with Crippen LogP contribution in [0.3, 0.4) is 0 Å². The largest absolute Gasteiger partial charge is 0.508 e. The van der Waals surface area contributed by atoms with Gasteiger partial charge in [0.25, 0.3) is 0 Å². The molecule has 0 heterocycles. The topological polar surface area (TPSA) is 52.8 Å². The van der Waals surface area contributed by atoms with Crippen molar-refractivity contribution in [2.24, 2.45) is 4.99 Å². The molecule has 0 unspecified atom stereocenters. The van der Waals surface area contributed by atoms with Gasteiger partial charge in [0.1, 0.15) is 17.3 Å². The normalized spacial score (nSPS) is 12.4. The number of phenols is 2. The molecule has 3 rings (SSSR count). The molecule has 0 aliphatic heterocycles. The maximum absolute atomic E-state index is 14.1. The van der Waals surface area contributed by atoms with Gasteiger partial charge in [0, 0.05) is 34.3 Å². The number of phenolic OH excluding ortho intramolecular Hbond substituents is 2. The summed E-state index contributed by atoms with van der Waals surface area (Å²) in [5.74, 6) is -0.753. The van der Waals surface area contributed by atoms with Crippen molar-refractivity contribution in [1.29, 1.82) is 0 Å². The smallest absolute Gasteiger partial charge is 0.131 e. The fourth-order valence-corrected chi connectivity index (χ4v) is 3.04. The van der Waals surface area contributed by atoms with Crippen LogP contribution in [-0.4, -0.2) is 16.4 Å². The Bertz CT molecular complexity index is 953. The zero-order chi connectivity index (χ0) is 19.4. The van der Waals surface area contributed by atoms with Crippen molar-refractivity contribution in [3.8, 4) is 11.5 Å². The molecule has 3 nitrogen and oxygen atoms in total. The number of aliphatic imine (C=N–C) groups is 1. The molecule has 27 heavy (non-hydrogen) atoms. The van der Waals surface area contributed by atoms with Gasteiger partial charge in [-0.15, -0.1) is 0 Å². The van der Waals surface area contributed by atoms with Gasteiger partial charge in [0.05, 0.1) is 6.04 Å². The van der Waals surface area contributed by atoms with E-state index in [1.807, 2.05) is 37.3 Å². The molecular weight excluding hydrogens is 365 g/mol. The molecule has 3 aromatic rings. The second kappa shape index (κ2) is 8.23. The third-order valence-corrected chi connectivity index (χ3v) is 4.78. The standard InChI is InChI=1S/C22H19ClFNO2/c1-14(15-6-3-2-4-7-15)25-13-16-10-11-21(26)18(22(16)27)12-17-19(23)8-5-9-20(17)24/h2-11,13-14,26-27H,12H2,1H3/t14-/m1/s1. The van der Waals surface area contributed by atoms with Crippen molar-refractivity contribution in [2.75, 3.05) is 0 Å². The fourth-order valence-electron chi connectivity index (χ4n) is 2.81. The van der Waals surface area contributed by atoms with E-state index in [1.54, 1.807) is 18.3 Å². The maximum atomic E-state index is 14.1. The van der Waals surface area contributed by atoms with Crippen LogP contribution >= 0.6 is 11.6 Å². The van der Waals surface area contributed by atoms with E-state index in [0.29, 0.717) is 5.56 Å². The van der Waals surface area contributed by atoms with Gasteiger partial charge in [0.15, 0.2) is 0 Å². The van der Waals surface area contributed by atoms with Crippen molar-refractivity contribution < 1.29 is 14.6 Å². The fraction of sp³-hybridized carbons (Fsp3) is 0.136. The summed E-state index contributed by atoms with van der Waals surface area (Å²) in [6, 6.07) is 17.1. The summed E-state index contributed by atoms with van der Waals surface area (Å²) < 4.78 is 14.1. The van der Waals surface area contributed by atoms with Crippen LogP contribution in [0.15, 0.2) is 65.7 Å². The van der Waals surface area contributed by atoms with E-state index in [0.717, 1.165) is 5.56 Å². The Kier molecular flexibility index (Phi) is 5.77. The van der Waals surface area contributed by atoms with E-state index < -0.39 is 5.82 Å². The molecule has 0 bridgehead atoms. The predicted molar refractivity (Wildman–Crippen MR) is 106 cm³/mol. The van der Waals surface area contributed by atoms with Crippen molar-refractivity contribution in [1.82, 2.24) is 0 Å². The first-order chi connectivity index (χ1) is 13.0. The van der Waals surface area contributed by atoms with E-state index in [9.17, 15) is 14.6 Å². The molecule has 0 saturated carbocycles. The number of benzene rings is 3. The highest BCUT2D eigenvalue weighted by atomic mass is 35.5. The van der Waals surface area contributed by atoms with E-state index in [-0.39, 0.29) is 40.1 Å². The minimum absolute atomic E-state index is 0.0287. The first-order valence-corrected chi connectivity index (χ1v) is 8.90. The third kappa shape index (κ3) is 4.29. The zero-order valence-electron chi connectivity index (χ0n) is 14.7. The minimum atomic E-state index is -0.488. The lowest BCUT2D eigenvalue weighted by molar-refractivity contribution is 0.439. The van der Waals surface area contributed by atoms with Crippen LogP contribution in [0.1, 0.15) is 35.2 Å². The van der Waals surface area contributed by atoms with Crippen LogP contribution in [-0.2, 0) is 6.42 Å². The second-order valence-corrected chi connectivity index (χ2v) is 6.65. The predicted octanol–water partition coefficient (Wildman–Crippen LogP) is 5.66. The van der Waals surface area contributed by atoms with Crippen LogP contribution in [0.5, 0.6) is 11.5 Å². The van der Waals surface area contributed by atoms with Crippen LogP contribution in [0, 0.1) is 5.82 Å². The quantitative estimate of drug-likeness (QED) is 0.558. The Morgan fingerprint density at radius 3 is 2.44 bits per heavy atom. The summed E-state index contributed by atoms with van der Waals surface area (Å²) in [5.41, 5.74) is 1.92. The molecule has 0 saturated heterocycles. The Morgan fingerprint density at radius 2 is 1.74 bits per heavy atom. The van der Waals surface area contributed by atoms with Gasteiger partial charge in [-0.3, -0.25) is 4.99 Å².